The van der Waals surface area contributed by atoms with E-state index in [0.717, 1.165) is 5.56 Å². The summed E-state index contributed by atoms with van der Waals surface area (Å²) in [5, 5.41) is 0. The average Bonchev–Trinajstić information content (AvgIpc) is 2.40. The third kappa shape index (κ3) is 6.13. The van der Waals surface area contributed by atoms with Crippen molar-refractivity contribution in [1.29, 1.82) is 0 Å². The van der Waals surface area contributed by atoms with Gasteiger partial charge >= 0.3 is 0 Å². The molecule has 0 aromatic heterocycles. The van der Waals surface area contributed by atoms with Gasteiger partial charge in [0.2, 0.25) is 0 Å². The van der Waals surface area contributed by atoms with E-state index in [2.05, 4.69) is 0 Å². The summed E-state index contributed by atoms with van der Waals surface area (Å²) < 4.78 is 18.4. The van der Waals surface area contributed by atoms with Gasteiger partial charge < -0.3 is 4.74 Å². The van der Waals surface area contributed by atoms with Crippen LogP contribution in [-0.2, 0) is 20.7 Å². The third-order valence-electron chi connectivity index (χ3n) is 2.93. The Labute approximate surface area is 112 Å². The number of Topliss-reactive ketones (excluding diaryl/α,β-unsaturated/α-hetero) is 1. The Morgan fingerprint density at radius 2 is 2.05 bits per heavy atom. The summed E-state index contributed by atoms with van der Waals surface area (Å²) in [4.78, 5) is 21.7. The Kier molecular flexibility index (Phi) is 6.79. The Bertz CT molecular complexity index is 392. The van der Waals surface area contributed by atoms with Crippen LogP contribution in [0.5, 0.6) is 0 Å². The molecule has 2 atom stereocenters. The summed E-state index contributed by atoms with van der Waals surface area (Å²) in [6.45, 7) is 2.13. The summed E-state index contributed by atoms with van der Waals surface area (Å²) in [7, 11) is 0. The number of hydrogen-bond acceptors (Lipinski definition) is 3. The topological polar surface area (TPSA) is 43.4 Å². The Hall–Kier alpha value is -1.71. The van der Waals surface area contributed by atoms with Crippen molar-refractivity contribution >= 4 is 12.3 Å². The van der Waals surface area contributed by atoms with Crippen LogP contribution >= 0.6 is 0 Å². The first-order valence-electron chi connectivity index (χ1n) is 6.43. The molecule has 104 valence electrons. The molecule has 0 amide bonds. The van der Waals surface area contributed by atoms with Crippen molar-refractivity contribution in [3.63, 3.8) is 0 Å². The number of rotatable bonds is 9. The number of carbonyl (C=O) groups is 2. The normalized spacial score (nSPS) is 13.6. The molecule has 0 heterocycles. The molecule has 19 heavy (non-hydrogen) atoms. The van der Waals surface area contributed by atoms with Crippen molar-refractivity contribution in [2.24, 2.45) is 0 Å². The highest BCUT2D eigenvalue weighted by atomic mass is 19.1. The number of alkyl halides is 1. The summed E-state index contributed by atoms with van der Waals surface area (Å²) in [6, 6.07) is 9.11. The maximum absolute atomic E-state index is 13.7. The highest BCUT2D eigenvalue weighted by molar-refractivity contribution is 5.83. The number of halogens is 1. The summed E-state index contributed by atoms with van der Waals surface area (Å²) >= 11 is 0. The lowest BCUT2D eigenvalue weighted by molar-refractivity contribution is -0.133. The minimum atomic E-state index is -1.45. The van der Waals surface area contributed by atoms with Gasteiger partial charge in [-0.15, -0.1) is 0 Å². The van der Waals surface area contributed by atoms with Crippen LogP contribution in [0.1, 0.15) is 31.7 Å². The van der Waals surface area contributed by atoms with Gasteiger partial charge in [0.1, 0.15) is 0 Å². The van der Waals surface area contributed by atoms with Gasteiger partial charge in [0, 0.05) is 12.8 Å². The SMILES string of the molecule is C[C@H](CCCC(=O)[C@H](F)Cc1ccccc1)OC=O. The lowest BCUT2D eigenvalue weighted by Crippen LogP contribution is -2.18. The van der Waals surface area contributed by atoms with Gasteiger partial charge in [0.05, 0.1) is 6.10 Å². The van der Waals surface area contributed by atoms with Gasteiger partial charge in [-0.3, -0.25) is 9.59 Å². The van der Waals surface area contributed by atoms with E-state index >= 15 is 0 Å². The molecule has 4 heteroatoms. The Morgan fingerprint density at radius 3 is 2.68 bits per heavy atom. The van der Waals surface area contributed by atoms with Gasteiger partial charge in [0.15, 0.2) is 12.0 Å². The molecule has 0 aliphatic carbocycles. The molecular formula is C15H19FO3. The molecule has 1 rings (SSSR count). The van der Waals surface area contributed by atoms with E-state index in [-0.39, 0.29) is 24.7 Å². The lowest BCUT2D eigenvalue weighted by Gasteiger charge is -2.10. The minimum absolute atomic E-state index is 0.125. The first kappa shape index (κ1) is 15.3. The van der Waals surface area contributed by atoms with Crippen molar-refractivity contribution in [3.05, 3.63) is 35.9 Å². The van der Waals surface area contributed by atoms with Gasteiger partial charge in [-0.2, -0.15) is 0 Å². The van der Waals surface area contributed by atoms with Crippen LogP contribution in [0.3, 0.4) is 0 Å². The predicted molar refractivity (Wildman–Crippen MR) is 70.5 cm³/mol. The second-order valence-corrected chi connectivity index (χ2v) is 4.56. The molecule has 0 aliphatic rings. The highest BCUT2D eigenvalue weighted by Gasteiger charge is 2.17. The van der Waals surface area contributed by atoms with Crippen molar-refractivity contribution in [3.8, 4) is 0 Å². The molecule has 0 N–H and O–H groups in total. The molecule has 0 radical (unpaired) electrons. The van der Waals surface area contributed by atoms with Crippen LogP contribution in [0.2, 0.25) is 0 Å². The van der Waals surface area contributed by atoms with Gasteiger partial charge in [-0.25, -0.2) is 4.39 Å². The van der Waals surface area contributed by atoms with Crippen molar-refractivity contribution < 1.29 is 18.7 Å². The van der Waals surface area contributed by atoms with Crippen LogP contribution in [0.4, 0.5) is 4.39 Å². The van der Waals surface area contributed by atoms with Crippen LogP contribution in [0, 0.1) is 0 Å². The molecule has 0 saturated heterocycles. The largest absolute Gasteiger partial charge is 0.465 e. The van der Waals surface area contributed by atoms with Crippen molar-refractivity contribution in [1.82, 2.24) is 0 Å². The third-order valence-corrected chi connectivity index (χ3v) is 2.93. The molecule has 0 fully saturated rings. The quantitative estimate of drug-likeness (QED) is 0.645. The summed E-state index contributed by atoms with van der Waals surface area (Å²) in [6.07, 6.45) is -0.270. The molecule has 0 saturated carbocycles. The van der Waals surface area contributed by atoms with E-state index in [1.54, 1.807) is 19.1 Å². The monoisotopic (exact) mass is 266 g/mol. The molecule has 1 aromatic rings. The average molecular weight is 266 g/mol. The smallest absolute Gasteiger partial charge is 0.293 e. The van der Waals surface area contributed by atoms with E-state index in [1.165, 1.54) is 0 Å². The first-order valence-corrected chi connectivity index (χ1v) is 6.43. The molecule has 3 nitrogen and oxygen atoms in total. The van der Waals surface area contributed by atoms with Gasteiger partial charge in [-0.1, -0.05) is 30.3 Å². The van der Waals surface area contributed by atoms with E-state index in [1.807, 2.05) is 18.2 Å². The standard InChI is InChI=1S/C15H19FO3/c1-12(19-11-17)6-5-9-15(18)14(16)10-13-7-3-2-4-8-13/h2-4,7-8,11-12,14H,5-6,9-10H2,1H3/t12-,14-/m1/s1. The minimum Gasteiger partial charge on any atom is -0.465 e. The number of benzene rings is 1. The van der Waals surface area contributed by atoms with E-state index in [9.17, 15) is 14.0 Å². The Morgan fingerprint density at radius 1 is 1.37 bits per heavy atom. The number of carbonyl (C=O) groups excluding carboxylic acids is 2. The summed E-state index contributed by atoms with van der Waals surface area (Å²) in [5.41, 5.74) is 0.820. The van der Waals surface area contributed by atoms with Crippen molar-refractivity contribution in [2.45, 2.75) is 44.9 Å². The fourth-order valence-corrected chi connectivity index (χ4v) is 1.82. The molecule has 0 unspecified atom stereocenters. The molecule has 0 bridgehead atoms. The fraction of sp³-hybridized carbons (Fsp3) is 0.467. The maximum Gasteiger partial charge on any atom is 0.293 e. The van der Waals surface area contributed by atoms with Crippen LogP contribution < -0.4 is 0 Å². The lowest BCUT2D eigenvalue weighted by atomic mass is 10.0. The zero-order chi connectivity index (χ0) is 14.1. The number of ether oxygens (including phenoxy) is 1. The van der Waals surface area contributed by atoms with Crippen LogP contribution in [0.15, 0.2) is 30.3 Å². The molecule has 1 aromatic carbocycles. The van der Waals surface area contributed by atoms with E-state index in [0.29, 0.717) is 19.3 Å². The second-order valence-electron chi connectivity index (χ2n) is 4.56. The zero-order valence-corrected chi connectivity index (χ0v) is 11.0. The summed E-state index contributed by atoms with van der Waals surface area (Å²) in [5.74, 6) is -0.387. The van der Waals surface area contributed by atoms with Crippen LogP contribution in [0.25, 0.3) is 0 Å². The zero-order valence-electron chi connectivity index (χ0n) is 11.0. The predicted octanol–water partition coefficient (Wildman–Crippen LogP) is 2.87. The first-order chi connectivity index (χ1) is 9.13. The molecule has 0 spiro atoms. The molecule has 0 aliphatic heterocycles. The van der Waals surface area contributed by atoms with Crippen molar-refractivity contribution in [2.75, 3.05) is 0 Å². The molecular weight excluding hydrogens is 247 g/mol. The Balaban J connectivity index is 2.27. The fourth-order valence-electron chi connectivity index (χ4n) is 1.82. The number of hydrogen-bond donors (Lipinski definition) is 0. The van der Waals surface area contributed by atoms with Gasteiger partial charge in [0.25, 0.3) is 6.47 Å². The maximum atomic E-state index is 13.7. The van der Waals surface area contributed by atoms with Crippen LogP contribution in [-0.4, -0.2) is 24.5 Å². The highest BCUT2D eigenvalue weighted by Crippen LogP contribution is 2.11. The van der Waals surface area contributed by atoms with E-state index < -0.39 is 6.17 Å². The van der Waals surface area contributed by atoms with Gasteiger partial charge in [-0.05, 0) is 25.3 Å². The second kappa shape index (κ2) is 8.40. The van der Waals surface area contributed by atoms with E-state index in [4.69, 9.17) is 4.74 Å². The number of ketones is 1.